The molecule has 0 bridgehead atoms. The van der Waals surface area contributed by atoms with Crippen LogP contribution in [0.1, 0.15) is 33.5 Å². The Morgan fingerprint density at radius 2 is 2.20 bits per heavy atom. The Balaban J connectivity index is 2.65. The normalized spacial score (nSPS) is 11.2. The van der Waals surface area contributed by atoms with Crippen molar-refractivity contribution in [3.63, 3.8) is 0 Å². The third kappa shape index (κ3) is 3.27. The number of nitrogens with one attached hydrogen (secondary N) is 2. The van der Waals surface area contributed by atoms with E-state index >= 15 is 0 Å². The van der Waals surface area contributed by atoms with Crippen LogP contribution in [-0.2, 0) is 5.41 Å². The van der Waals surface area contributed by atoms with Crippen LogP contribution in [-0.4, -0.2) is 17.7 Å². The van der Waals surface area contributed by atoms with Gasteiger partial charge in [0.2, 0.25) is 0 Å². The van der Waals surface area contributed by atoms with E-state index in [1.807, 2.05) is 27.7 Å². The summed E-state index contributed by atoms with van der Waals surface area (Å²) in [5.41, 5.74) is -0.103. The molecule has 1 aromatic heterocycles. The number of amides is 2. The highest BCUT2D eigenvalue weighted by molar-refractivity contribution is 5.88. The molecule has 0 aromatic carbocycles. The number of carbonyl (C=O) groups excluding carboxylic acids is 1. The maximum atomic E-state index is 11.2. The lowest BCUT2D eigenvalue weighted by molar-refractivity contribution is 0.252. The van der Waals surface area contributed by atoms with Gasteiger partial charge in [-0.2, -0.15) is 0 Å². The van der Waals surface area contributed by atoms with Crippen LogP contribution in [0.5, 0.6) is 0 Å². The molecule has 5 nitrogen and oxygen atoms in total. The van der Waals surface area contributed by atoms with E-state index in [1.165, 1.54) is 0 Å². The number of aromatic nitrogens is 1. The Bertz CT molecular complexity index is 339. The largest absolute Gasteiger partial charge is 0.359 e. The molecule has 1 aromatic rings. The minimum absolute atomic E-state index is 0.103. The number of rotatable bonds is 2. The fraction of sp³-hybridized carbons (Fsp3) is 0.600. The van der Waals surface area contributed by atoms with Gasteiger partial charge in [-0.15, -0.1) is 0 Å². The summed E-state index contributed by atoms with van der Waals surface area (Å²) in [6, 6.07) is 1.46. The topological polar surface area (TPSA) is 67.2 Å². The van der Waals surface area contributed by atoms with E-state index in [0.717, 1.165) is 5.76 Å². The lowest BCUT2D eigenvalue weighted by Crippen LogP contribution is -2.28. The van der Waals surface area contributed by atoms with Crippen LogP contribution in [0.25, 0.3) is 0 Å². The van der Waals surface area contributed by atoms with Gasteiger partial charge >= 0.3 is 6.03 Å². The van der Waals surface area contributed by atoms with E-state index in [1.54, 1.807) is 6.07 Å². The molecule has 0 aliphatic rings. The lowest BCUT2D eigenvalue weighted by atomic mass is 9.93. The first-order chi connectivity index (χ1) is 6.93. The average Bonchev–Trinajstić information content (AvgIpc) is 2.52. The van der Waals surface area contributed by atoms with Crippen LogP contribution >= 0.6 is 0 Å². The molecule has 15 heavy (non-hydrogen) atoms. The zero-order valence-electron chi connectivity index (χ0n) is 9.55. The van der Waals surface area contributed by atoms with Gasteiger partial charge in [-0.3, -0.25) is 5.32 Å². The van der Waals surface area contributed by atoms with Gasteiger partial charge in [0, 0.05) is 18.0 Å². The second-order valence-electron chi connectivity index (χ2n) is 4.31. The molecular formula is C10H17N3O2. The van der Waals surface area contributed by atoms with Crippen LogP contribution in [0.3, 0.4) is 0 Å². The predicted molar refractivity (Wildman–Crippen MR) is 57.9 cm³/mol. The van der Waals surface area contributed by atoms with Crippen LogP contribution < -0.4 is 10.6 Å². The molecule has 0 saturated carbocycles. The zero-order chi connectivity index (χ0) is 11.5. The highest BCUT2D eigenvalue weighted by Gasteiger charge is 2.20. The SMILES string of the molecule is CCNC(=O)Nc1cc(C(C)(C)C)on1. The maximum Gasteiger partial charge on any atom is 0.320 e. The Hall–Kier alpha value is -1.52. The summed E-state index contributed by atoms with van der Waals surface area (Å²) in [7, 11) is 0. The molecule has 0 aliphatic heterocycles. The van der Waals surface area contributed by atoms with Crippen LogP contribution in [0, 0.1) is 0 Å². The fourth-order valence-electron chi connectivity index (χ4n) is 1.01. The number of anilines is 1. The van der Waals surface area contributed by atoms with Crippen molar-refractivity contribution in [1.82, 2.24) is 10.5 Å². The fourth-order valence-corrected chi connectivity index (χ4v) is 1.01. The van der Waals surface area contributed by atoms with Crippen molar-refractivity contribution in [3.05, 3.63) is 11.8 Å². The van der Waals surface area contributed by atoms with Gasteiger partial charge < -0.3 is 9.84 Å². The molecule has 0 saturated heterocycles. The molecule has 2 N–H and O–H groups in total. The van der Waals surface area contributed by atoms with Crippen molar-refractivity contribution < 1.29 is 9.32 Å². The Morgan fingerprint density at radius 3 is 2.67 bits per heavy atom. The smallest absolute Gasteiger partial charge is 0.320 e. The number of hydrogen-bond acceptors (Lipinski definition) is 3. The first kappa shape index (κ1) is 11.6. The van der Waals surface area contributed by atoms with Gasteiger partial charge in [0.25, 0.3) is 0 Å². The predicted octanol–water partition coefficient (Wildman–Crippen LogP) is 2.11. The Kier molecular flexibility index (Phi) is 3.34. The maximum absolute atomic E-state index is 11.2. The van der Waals surface area contributed by atoms with Gasteiger partial charge in [0.05, 0.1) is 0 Å². The van der Waals surface area contributed by atoms with E-state index in [0.29, 0.717) is 12.4 Å². The molecule has 0 fully saturated rings. The van der Waals surface area contributed by atoms with Crippen molar-refractivity contribution in [2.24, 2.45) is 0 Å². The molecule has 1 heterocycles. The molecule has 0 spiro atoms. The van der Waals surface area contributed by atoms with Crippen molar-refractivity contribution in [2.45, 2.75) is 33.1 Å². The highest BCUT2D eigenvalue weighted by Crippen LogP contribution is 2.24. The molecule has 1 rings (SSSR count). The molecule has 0 radical (unpaired) electrons. The first-order valence-electron chi connectivity index (χ1n) is 4.95. The molecule has 0 aliphatic carbocycles. The lowest BCUT2D eigenvalue weighted by Gasteiger charge is -2.12. The number of nitrogens with zero attached hydrogens (tertiary/aromatic N) is 1. The summed E-state index contributed by atoms with van der Waals surface area (Å²) in [4.78, 5) is 11.2. The Morgan fingerprint density at radius 1 is 1.53 bits per heavy atom. The van der Waals surface area contributed by atoms with Crippen LogP contribution in [0.2, 0.25) is 0 Å². The summed E-state index contributed by atoms with van der Waals surface area (Å²) in [5, 5.41) is 8.95. The van der Waals surface area contributed by atoms with Gasteiger partial charge in [0.1, 0.15) is 5.76 Å². The summed E-state index contributed by atoms with van der Waals surface area (Å²) >= 11 is 0. The number of hydrogen-bond donors (Lipinski definition) is 2. The minimum Gasteiger partial charge on any atom is -0.359 e. The van der Waals surface area contributed by atoms with Crippen LogP contribution in [0.15, 0.2) is 10.6 Å². The van der Waals surface area contributed by atoms with Gasteiger partial charge in [-0.05, 0) is 6.92 Å². The molecule has 0 unspecified atom stereocenters. The molecule has 0 atom stereocenters. The minimum atomic E-state index is -0.272. The van der Waals surface area contributed by atoms with Crippen molar-refractivity contribution in [2.75, 3.05) is 11.9 Å². The Labute approximate surface area is 89.2 Å². The molecule has 5 heteroatoms. The van der Waals surface area contributed by atoms with E-state index in [4.69, 9.17) is 4.52 Å². The van der Waals surface area contributed by atoms with Gasteiger partial charge in [-0.1, -0.05) is 25.9 Å². The highest BCUT2D eigenvalue weighted by atomic mass is 16.5. The second kappa shape index (κ2) is 4.33. The summed E-state index contributed by atoms with van der Waals surface area (Å²) in [6.45, 7) is 8.48. The van der Waals surface area contributed by atoms with E-state index in [-0.39, 0.29) is 11.4 Å². The van der Waals surface area contributed by atoms with Gasteiger partial charge in [-0.25, -0.2) is 4.79 Å². The first-order valence-corrected chi connectivity index (χ1v) is 4.95. The van der Waals surface area contributed by atoms with Gasteiger partial charge in [0.15, 0.2) is 5.82 Å². The number of urea groups is 1. The zero-order valence-corrected chi connectivity index (χ0v) is 9.55. The van der Waals surface area contributed by atoms with E-state index < -0.39 is 0 Å². The average molecular weight is 211 g/mol. The van der Waals surface area contributed by atoms with Crippen molar-refractivity contribution in [3.8, 4) is 0 Å². The van der Waals surface area contributed by atoms with Crippen molar-refractivity contribution >= 4 is 11.8 Å². The summed E-state index contributed by atoms with van der Waals surface area (Å²) < 4.78 is 5.12. The van der Waals surface area contributed by atoms with Crippen LogP contribution in [0.4, 0.5) is 10.6 Å². The molecule has 84 valence electrons. The monoisotopic (exact) mass is 211 g/mol. The summed E-state index contributed by atoms with van der Waals surface area (Å²) in [5.74, 6) is 1.18. The third-order valence-electron chi connectivity index (χ3n) is 1.83. The number of carbonyl (C=O) groups is 1. The standard InChI is InChI=1S/C10H17N3O2/c1-5-11-9(14)12-8-6-7(15-13-8)10(2,3)4/h6H,5H2,1-4H3,(H2,11,12,13,14). The summed E-state index contributed by atoms with van der Waals surface area (Å²) in [6.07, 6.45) is 0. The second-order valence-corrected chi connectivity index (χ2v) is 4.31. The quantitative estimate of drug-likeness (QED) is 0.787. The third-order valence-corrected chi connectivity index (χ3v) is 1.83. The van der Waals surface area contributed by atoms with Crippen molar-refractivity contribution in [1.29, 1.82) is 0 Å². The molecule has 2 amide bonds. The van der Waals surface area contributed by atoms with E-state index in [2.05, 4.69) is 15.8 Å². The molecular weight excluding hydrogens is 194 g/mol. The van der Waals surface area contributed by atoms with E-state index in [9.17, 15) is 4.79 Å².